The number of esters is 1. The van der Waals surface area contributed by atoms with Gasteiger partial charge in [-0.1, -0.05) is 47.7 Å². The molecule has 0 saturated carbocycles. The van der Waals surface area contributed by atoms with Gasteiger partial charge < -0.3 is 4.74 Å². The molecule has 0 aliphatic carbocycles. The minimum atomic E-state index is -0.429. The topological polar surface area (TPSA) is 57.0 Å². The molecule has 110 valence electrons. The van der Waals surface area contributed by atoms with E-state index in [-0.39, 0.29) is 0 Å². The van der Waals surface area contributed by atoms with Gasteiger partial charge in [0.25, 0.3) is 0 Å². The third-order valence-corrected chi connectivity index (χ3v) is 3.17. The smallest absolute Gasteiger partial charge is 0.357 e. The summed E-state index contributed by atoms with van der Waals surface area (Å²) >= 11 is 0. The molecule has 0 N–H and O–H groups in total. The fourth-order valence-electron chi connectivity index (χ4n) is 2.17. The van der Waals surface area contributed by atoms with E-state index in [9.17, 15) is 4.79 Å². The molecule has 3 aromatic rings. The number of rotatable bonds is 4. The lowest BCUT2D eigenvalue weighted by molar-refractivity contribution is -0.136. The van der Waals surface area contributed by atoms with Gasteiger partial charge in [-0.15, -0.1) is 5.10 Å². The molecule has 0 spiro atoms. The number of hydrogen-bond donors (Lipinski definition) is 0. The summed E-state index contributed by atoms with van der Waals surface area (Å²) in [7, 11) is 0. The molecule has 2 aromatic carbocycles. The number of benzene rings is 2. The molecular weight excluding hydrogens is 278 g/mol. The summed E-state index contributed by atoms with van der Waals surface area (Å²) in [6.45, 7) is 2.08. The first-order chi connectivity index (χ1) is 10.8. The van der Waals surface area contributed by atoms with Crippen molar-refractivity contribution >= 4 is 28.8 Å². The predicted molar refractivity (Wildman–Crippen MR) is 84.8 cm³/mol. The number of ether oxygens (including phenoxy) is 1. The second-order valence-corrected chi connectivity index (χ2v) is 4.65. The highest BCUT2D eigenvalue weighted by molar-refractivity contribution is 6.16. The van der Waals surface area contributed by atoms with E-state index in [0.29, 0.717) is 12.3 Å². The Hall–Kier alpha value is -2.95. The van der Waals surface area contributed by atoms with Crippen LogP contribution in [0.5, 0.6) is 0 Å². The Morgan fingerprint density at radius 1 is 1.14 bits per heavy atom. The zero-order valence-corrected chi connectivity index (χ0v) is 12.1. The van der Waals surface area contributed by atoms with Crippen molar-refractivity contribution in [3.05, 3.63) is 60.2 Å². The molecule has 0 aliphatic rings. The van der Waals surface area contributed by atoms with Crippen LogP contribution in [0.15, 0.2) is 54.6 Å². The lowest BCUT2D eigenvalue weighted by atomic mass is 10.2. The number of nitrogens with zero attached hydrogens (tertiary/aromatic N) is 3. The van der Waals surface area contributed by atoms with E-state index in [0.717, 1.165) is 16.6 Å². The number of hydrogen-bond acceptors (Lipinski definition) is 4. The summed E-state index contributed by atoms with van der Waals surface area (Å²) < 4.78 is 6.67. The number of fused-ring (bicyclic) bond motifs is 1. The normalized spacial score (nSPS) is 11.6. The molecule has 22 heavy (non-hydrogen) atoms. The highest BCUT2D eigenvalue weighted by atomic mass is 16.5. The van der Waals surface area contributed by atoms with Crippen LogP contribution in [-0.2, 0) is 9.53 Å². The number of carbonyl (C=O) groups excluding carboxylic acids is 1. The average Bonchev–Trinajstić information content (AvgIpc) is 2.97. The maximum Gasteiger partial charge on any atom is 0.357 e. The van der Waals surface area contributed by atoms with Crippen molar-refractivity contribution in [2.24, 2.45) is 0 Å². The van der Waals surface area contributed by atoms with Crippen LogP contribution < -0.4 is 0 Å². The van der Waals surface area contributed by atoms with Crippen molar-refractivity contribution in [3.8, 4) is 0 Å². The summed E-state index contributed by atoms with van der Waals surface area (Å²) in [5.41, 5.74) is 2.72. The second-order valence-electron chi connectivity index (χ2n) is 4.65. The Morgan fingerprint density at radius 2 is 1.86 bits per heavy atom. The van der Waals surface area contributed by atoms with Crippen molar-refractivity contribution < 1.29 is 9.53 Å². The molecule has 3 rings (SSSR count). The second kappa shape index (κ2) is 6.22. The van der Waals surface area contributed by atoms with Crippen LogP contribution in [0.4, 0.5) is 0 Å². The van der Waals surface area contributed by atoms with Gasteiger partial charge >= 0.3 is 5.97 Å². The van der Waals surface area contributed by atoms with Crippen molar-refractivity contribution in [1.29, 1.82) is 0 Å². The first kappa shape index (κ1) is 14.0. The van der Waals surface area contributed by atoms with E-state index in [4.69, 9.17) is 4.74 Å². The number of aromatic nitrogens is 3. The Kier molecular flexibility index (Phi) is 3.96. The van der Waals surface area contributed by atoms with Gasteiger partial charge in [0.1, 0.15) is 5.52 Å². The Balaban J connectivity index is 2.13. The van der Waals surface area contributed by atoms with Gasteiger partial charge in [-0.25, -0.2) is 9.48 Å². The predicted octanol–water partition coefficient (Wildman–Crippen LogP) is 2.99. The lowest BCUT2D eigenvalue weighted by Gasteiger charge is -2.07. The minimum Gasteiger partial charge on any atom is -0.461 e. The molecule has 0 aliphatic heterocycles. The van der Waals surface area contributed by atoms with Crippen LogP contribution in [0.25, 0.3) is 22.8 Å². The molecule has 1 heterocycles. The highest BCUT2D eigenvalue weighted by Crippen LogP contribution is 2.18. The lowest BCUT2D eigenvalue weighted by Crippen LogP contribution is -2.13. The fraction of sp³-hybridized carbons (Fsp3) is 0.118. The Bertz CT molecular complexity index is 822. The van der Waals surface area contributed by atoms with Gasteiger partial charge in [0.05, 0.1) is 12.1 Å². The summed E-state index contributed by atoms with van der Waals surface area (Å²) in [5.74, 6) is -0.429. The summed E-state index contributed by atoms with van der Waals surface area (Å²) in [6.07, 6.45) is 1.75. The summed E-state index contributed by atoms with van der Waals surface area (Å²) in [5, 5.41) is 8.18. The van der Waals surface area contributed by atoms with E-state index in [1.807, 2.05) is 54.6 Å². The van der Waals surface area contributed by atoms with E-state index in [1.54, 1.807) is 13.0 Å². The van der Waals surface area contributed by atoms with Gasteiger partial charge in [-0.2, -0.15) is 0 Å². The first-order valence-electron chi connectivity index (χ1n) is 7.04. The molecule has 0 atom stereocenters. The monoisotopic (exact) mass is 293 g/mol. The van der Waals surface area contributed by atoms with Crippen molar-refractivity contribution in [3.63, 3.8) is 0 Å². The van der Waals surface area contributed by atoms with Gasteiger partial charge in [0.2, 0.25) is 0 Å². The minimum absolute atomic E-state index is 0.303. The fourth-order valence-corrected chi connectivity index (χ4v) is 2.17. The quantitative estimate of drug-likeness (QED) is 0.548. The van der Waals surface area contributed by atoms with E-state index >= 15 is 0 Å². The number of para-hydroxylation sites is 1. The molecule has 5 nitrogen and oxygen atoms in total. The third-order valence-electron chi connectivity index (χ3n) is 3.17. The first-order valence-corrected chi connectivity index (χ1v) is 7.04. The van der Waals surface area contributed by atoms with Gasteiger partial charge in [0.15, 0.2) is 5.70 Å². The third kappa shape index (κ3) is 2.74. The Labute approximate surface area is 127 Å². The molecule has 1 aromatic heterocycles. The van der Waals surface area contributed by atoms with Gasteiger partial charge in [0, 0.05) is 0 Å². The van der Waals surface area contributed by atoms with Crippen molar-refractivity contribution in [2.45, 2.75) is 6.92 Å². The standard InChI is InChI=1S/C17H15N3O2/c1-2-22-17(21)16(12-13-8-4-3-5-9-13)20-15-11-7-6-10-14(15)18-19-20/h3-12H,2H2,1H3/b16-12-. The van der Waals surface area contributed by atoms with Crippen LogP contribution in [0.3, 0.4) is 0 Å². The van der Waals surface area contributed by atoms with Crippen molar-refractivity contribution in [1.82, 2.24) is 15.0 Å². The molecule has 0 saturated heterocycles. The molecular formula is C17H15N3O2. The number of carbonyl (C=O) groups is 1. The van der Waals surface area contributed by atoms with E-state index in [1.165, 1.54) is 4.68 Å². The molecule has 0 unspecified atom stereocenters. The van der Waals surface area contributed by atoms with E-state index in [2.05, 4.69) is 10.3 Å². The molecule has 0 bridgehead atoms. The summed E-state index contributed by atoms with van der Waals surface area (Å²) in [4.78, 5) is 12.3. The maximum absolute atomic E-state index is 12.3. The zero-order valence-electron chi connectivity index (χ0n) is 12.1. The molecule has 5 heteroatoms. The van der Waals surface area contributed by atoms with Gasteiger partial charge in [-0.05, 0) is 30.7 Å². The molecule has 0 fully saturated rings. The highest BCUT2D eigenvalue weighted by Gasteiger charge is 2.17. The maximum atomic E-state index is 12.3. The summed E-state index contributed by atoms with van der Waals surface area (Å²) in [6, 6.07) is 17.1. The Morgan fingerprint density at radius 3 is 2.64 bits per heavy atom. The molecule has 0 amide bonds. The largest absolute Gasteiger partial charge is 0.461 e. The van der Waals surface area contributed by atoms with Crippen LogP contribution in [0.1, 0.15) is 12.5 Å². The van der Waals surface area contributed by atoms with Crippen LogP contribution >= 0.6 is 0 Å². The van der Waals surface area contributed by atoms with Crippen LogP contribution in [-0.4, -0.2) is 27.6 Å². The van der Waals surface area contributed by atoms with Crippen LogP contribution in [0.2, 0.25) is 0 Å². The van der Waals surface area contributed by atoms with Gasteiger partial charge in [-0.3, -0.25) is 0 Å². The van der Waals surface area contributed by atoms with Crippen LogP contribution in [0, 0.1) is 0 Å². The van der Waals surface area contributed by atoms with E-state index < -0.39 is 5.97 Å². The average molecular weight is 293 g/mol. The zero-order chi connectivity index (χ0) is 15.4. The molecule has 0 radical (unpaired) electrons. The van der Waals surface area contributed by atoms with Crippen molar-refractivity contribution in [2.75, 3.05) is 6.61 Å². The SMILES string of the molecule is CCOC(=O)/C(=C/c1ccccc1)n1nnc2ccccc21.